The minimum atomic E-state index is -1.10. The lowest BCUT2D eigenvalue weighted by Crippen LogP contribution is -2.43. The molecule has 0 aliphatic rings. The van der Waals surface area contributed by atoms with E-state index in [0.717, 1.165) is 6.42 Å². The van der Waals surface area contributed by atoms with Crippen LogP contribution in [0, 0.1) is 0 Å². The van der Waals surface area contributed by atoms with Crippen LogP contribution in [0.1, 0.15) is 63.3 Å². The van der Waals surface area contributed by atoms with E-state index in [1.165, 1.54) is 6.07 Å². The summed E-state index contributed by atoms with van der Waals surface area (Å²) in [6, 6.07) is 2.98. The normalized spacial score (nSPS) is 14.8. The number of furan rings is 1. The summed E-state index contributed by atoms with van der Waals surface area (Å²) in [5.74, 6) is -0.766. The second-order valence-corrected chi connectivity index (χ2v) is 5.99. The van der Waals surface area contributed by atoms with Crippen LogP contribution in [0.4, 0.5) is 0 Å². The number of carboxylic acids is 1. The van der Waals surface area contributed by atoms with Gasteiger partial charge in [0.05, 0.1) is 12.2 Å². The van der Waals surface area contributed by atoms with E-state index in [0.29, 0.717) is 25.2 Å². The summed E-state index contributed by atoms with van der Waals surface area (Å²) in [7, 11) is 0. The summed E-state index contributed by atoms with van der Waals surface area (Å²) >= 11 is 0. The van der Waals surface area contributed by atoms with Crippen LogP contribution in [-0.4, -0.2) is 29.0 Å². The highest BCUT2D eigenvalue weighted by Crippen LogP contribution is 2.20. The number of carbonyl (C=O) groups is 1. The van der Waals surface area contributed by atoms with Crippen molar-refractivity contribution < 1.29 is 23.8 Å². The molecule has 0 radical (unpaired) electrons. The third-order valence-electron chi connectivity index (χ3n) is 3.84. The summed E-state index contributed by atoms with van der Waals surface area (Å²) < 4.78 is 16.7. The molecule has 6 heteroatoms. The Bertz CT molecular complexity index is 483. The summed E-state index contributed by atoms with van der Waals surface area (Å²) in [4.78, 5) is 10.8. The Labute approximate surface area is 131 Å². The molecule has 1 rings (SSSR count). The van der Waals surface area contributed by atoms with Gasteiger partial charge in [-0.1, -0.05) is 13.8 Å². The van der Waals surface area contributed by atoms with Gasteiger partial charge in [-0.25, -0.2) is 4.79 Å². The first-order valence-electron chi connectivity index (χ1n) is 7.60. The maximum absolute atomic E-state index is 10.8. The zero-order chi connectivity index (χ0) is 16.8. The number of hydrogen-bond acceptors (Lipinski definition) is 5. The van der Waals surface area contributed by atoms with Crippen molar-refractivity contribution in [1.82, 2.24) is 0 Å². The van der Waals surface area contributed by atoms with Crippen molar-refractivity contribution >= 4 is 5.97 Å². The summed E-state index contributed by atoms with van der Waals surface area (Å²) in [6.07, 6.45) is 2.09. The number of hydrogen-bond donors (Lipinski definition) is 2. The van der Waals surface area contributed by atoms with Gasteiger partial charge in [-0.15, -0.1) is 0 Å². The van der Waals surface area contributed by atoms with Gasteiger partial charge in [0.25, 0.3) is 0 Å². The van der Waals surface area contributed by atoms with Crippen LogP contribution in [0.3, 0.4) is 0 Å². The largest absolute Gasteiger partial charge is 0.475 e. The Balaban J connectivity index is 2.49. The Morgan fingerprint density at radius 1 is 1.27 bits per heavy atom. The monoisotopic (exact) mass is 313 g/mol. The summed E-state index contributed by atoms with van der Waals surface area (Å²) in [5.41, 5.74) is 5.23. The molecule has 0 spiro atoms. The van der Waals surface area contributed by atoms with Gasteiger partial charge >= 0.3 is 5.97 Å². The highest BCUT2D eigenvalue weighted by Gasteiger charge is 2.26. The molecule has 126 valence electrons. The second kappa shape index (κ2) is 7.76. The molecule has 1 unspecified atom stereocenters. The Hall–Kier alpha value is -1.37. The van der Waals surface area contributed by atoms with Crippen molar-refractivity contribution in [2.75, 3.05) is 6.61 Å². The maximum Gasteiger partial charge on any atom is 0.371 e. The molecule has 6 nitrogen and oxygen atoms in total. The highest BCUT2D eigenvalue weighted by molar-refractivity contribution is 5.84. The van der Waals surface area contributed by atoms with Crippen molar-refractivity contribution in [3.05, 3.63) is 23.7 Å². The van der Waals surface area contributed by atoms with E-state index in [9.17, 15) is 4.79 Å². The second-order valence-electron chi connectivity index (χ2n) is 5.99. The molecule has 0 aliphatic carbocycles. The van der Waals surface area contributed by atoms with Gasteiger partial charge in [0.2, 0.25) is 5.76 Å². The van der Waals surface area contributed by atoms with E-state index in [4.69, 9.17) is 24.7 Å². The zero-order valence-corrected chi connectivity index (χ0v) is 13.8. The summed E-state index contributed by atoms with van der Waals surface area (Å²) in [6.45, 7) is 8.72. The van der Waals surface area contributed by atoms with Crippen molar-refractivity contribution in [3.63, 3.8) is 0 Å². The quantitative estimate of drug-likeness (QED) is 0.644. The van der Waals surface area contributed by atoms with Crippen LogP contribution in [0.25, 0.3) is 0 Å². The molecule has 0 amide bonds. The van der Waals surface area contributed by atoms with Crippen LogP contribution in [0.5, 0.6) is 0 Å². The van der Waals surface area contributed by atoms with Gasteiger partial charge < -0.3 is 24.7 Å². The predicted molar refractivity (Wildman–Crippen MR) is 82.6 cm³/mol. The van der Waals surface area contributed by atoms with E-state index >= 15 is 0 Å². The molecule has 1 aromatic heterocycles. The fourth-order valence-corrected chi connectivity index (χ4v) is 1.74. The fraction of sp³-hybridized carbons (Fsp3) is 0.688. The van der Waals surface area contributed by atoms with Crippen LogP contribution < -0.4 is 5.73 Å². The molecule has 0 aromatic carbocycles. The highest BCUT2D eigenvalue weighted by atomic mass is 16.5. The van der Waals surface area contributed by atoms with Crippen molar-refractivity contribution in [2.45, 2.75) is 64.9 Å². The molecule has 0 fully saturated rings. The van der Waals surface area contributed by atoms with Gasteiger partial charge in [0, 0.05) is 6.42 Å². The lowest BCUT2D eigenvalue weighted by atomic mass is 10.1. The lowest BCUT2D eigenvalue weighted by Gasteiger charge is -2.30. The standard InChI is InChI=1S/C16H27NO5/c1-5-15(3,4)20-10-9-16(17,6-2)21-11-12-7-8-13(22-12)14(18)19/h7-8H,5-6,9-11,17H2,1-4H3,(H,18,19). The average molecular weight is 313 g/mol. The molecule has 0 bridgehead atoms. The van der Waals surface area contributed by atoms with Gasteiger partial charge in [-0.3, -0.25) is 0 Å². The molecule has 1 aromatic rings. The summed E-state index contributed by atoms with van der Waals surface area (Å²) in [5, 5.41) is 8.81. The zero-order valence-electron chi connectivity index (χ0n) is 13.8. The molecule has 3 N–H and O–H groups in total. The predicted octanol–water partition coefficient (Wildman–Crippen LogP) is 3.15. The number of aromatic carboxylic acids is 1. The van der Waals surface area contributed by atoms with Gasteiger partial charge in [0.15, 0.2) is 0 Å². The first kappa shape index (κ1) is 18.7. The molecule has 1 atom stereocenters. The lowest BCUT2D eigenvalue weighted by molar-refractivity contribution is -0.0985. The molecule has 22 heavy (non-hydrogen) atoms. The van der Waals surface area contributed by atoms with Crippen LogP contribution in [0.2, 0.25) is 0 Å². The minimum absolute atomic E-state index is 0.106. The van der Waals surface area contributed by atoms with Gasteiger partial charge in [-0.05, 0) is 38.8 Å². The van der Waals surface area contributed by atoms with Gasteiger partial charge in [0.1, 0.15) is 18.1 Å². The third kappa shape index (κ3) is 5.79. The fourth-order valence-electron chi connectivity index (χ4n) is 1.74. The Morgan fingerprint density at radius 2 is 1.95 bits per heavy atom. The molecule has 0 aliphatic heterocycles. The van der Waals surface area contributed by atoms with Crippen LogP contribution >= 0.6 is 0 Å². The molecule has 1 heterocycles. The topological polar surface area (TPSA) is 94.9 Å². The smallest absolute Gasteiger partial charge is 0.371 e. The Morgan fingerprint density at radius 3 is 2.45 bits per heavy atom. The van der Waals surface area contributed by atoms with Crippen molar-refractivity contribution in [1.29, 1.82) is 0 Å². The van der Waals surface area contributed by atoms with Crippen molar-refractivity contribution in [3.8, 4) is 0 Å². The molecule has 0 saturated carbocycles. The van der Waals surface area contributed by atoms with E-state index in [2.05, 4.69) is 6.92 Å². The number of rotatable bonds is 10. The van der Waals surface area contributed by atoms with E-state index in [1.807, 2.05) is 20.8 Å². The first-order chi connectivity index (χ1) is 10.2. The third-order valence-corrected chi connectivity index (χ3v) is 3.84. The molecular formula is C16H27NO5. The maximum atomic E-state index is 10.8. The molecule has 0 saturated heterocycles. The number of nitrogens with two attached hydrogens (primary N) is 1. The van der Waals surface area contributed by atoms with Crippen LogP contribution in [-0.2, 0) is 16.1 Å². The van der Waals surface area contributed by atoms with E-state index < -0.39 is 11.7 Å². The van der Waals surface area contributed by atoms with E-state index in [1.54, 1.807) is 6.07 Å². The van der Waals surface area contributed by atoms with Crippen molar-refractivity contribution in [2.24, 2.45) is 5.73 Å². The SMILES string of the molecule is CCC(C)(C)OCCC(N)(CC)OCc1ccc(C(=O)O)o1. The Kier molecular flexibility index (Phi) is 6.59. The number of carboxylic acid groups (broad SMARTS) is 1. The average Bonchev–Trinajstić information content (AvgIpc) is 2.94. The van der Waals surface area contributed by atoms with Crippen LogP contribution in [0.15, 0.2) is 16.5 Å². The molecular weight excluding hydrogens is 286 g/mol. The van der Waals surface area contributed by atoms with Gasteiger partial charge in [-0.2, -0.15) is 0 Å². The minimum Gasteiger partial charge on any atom is -0.475 e. The van der Waals surface area contributed by atoms with E-state index in [-0.39, 0.29) is 18.0 Å². The number of ether oxygens (including phenoxy) is 2. The first-order valence-corrected chi connectivity index (χ1v) is 7.60.